The quantitative estimate of drug-likeness (QED) is 0.354. The second-order valence-electron chi connectivity index (χ2n) is 9.46. The number of benzene rings is 2. The maximum atomic E-state index is 13.3. The number of likely N-dealkylation sites (N-methyl/N-ethyl adjacent to an activating group) is 1. The molecule has 2 aliphatic heterocycles. The predicted octanol–water partition coefficient (Wildman–Crippen LogP) is 3.84. The second-order valence-corrected chi connectivity index (χ2v) is 9.46. The molecule has 2 atom stereocenters. The number of carbonyl (C=O) groups excluding carboxylic acids is 2. The van der Waals surface area contributed by atoms with Crippen molar-refractivity contribution in [3.63, 3.8) is 0 Å². The summed E-state index contributed by atoms with van der Waals surface area (Å²) in [5.74, 6) is -0.561. The number of aliphatic hydroxyl groups excluding tert-OH is 1. The Hall–Kier alpha value is -3.32. The number of Topliss-reactive ketones (excluding diaryl/α,β-unsaturated/α-hetero) is 1. The van der Waals surface area contributed by atoms with Gasteiger partial charge >= 0.3 is 0 Å². The van der Waals surface area contributed by atoms with Gasteiger partial charge in [-0.05, 0) is 61.5 Å². The molecular formula is C28H35N3O4. The zero-order valence-electron chi connectivity index (χ0n) is 21.2. The molecule has 4 rings (SSSR count). The molecule has 0 aliphatic carbocycles. The monoisotopic (exact) mass is 477 g/mol. The highest BCUT2D eigenvalue weighted by Gasteiger charge is 2.46. The molecule has 0 saturated carbocycles. The van der Waals surface area contributed by atoms with E-state index in [-0.39, 0.29) is 17.4 Å². The molecule has 186 valence electrons. The van der Waals surface area contributed by atoms with Gasteiger partial charge in [-0.2, -0.15) is 0 Å². The van der Waals surface area contributed by atoms with Crippen LogP contribution in [0.3, 0.4) is 0 Å². The standard InChI is InChI=1S/C28H35N3O4/c1-6-30(7-2)14-15-31-25(19-8-11-22(12-9-19)29(4)5)24(27(33)28(31)34)26(32)20-10-13-23-21(17-20)16-18(3)35-23/h8-13,17-18,25,32H,6-7,14-16H2,1-5H3/t18-,25-/m1/s1. The van der Waals surface area contributed by atoms with Gasteiger partial charge in [0, 0.05) is 44.9 Å². The molecule has 35 heavy (non-hydrogen) atoms. The molecule has 2 aromatic rings. The Labute approximate surface area is 207 Å². The first-order valence-electron chi connectivity index (χ1n) is 12.3. The molecule has 1 saturated heterocycles. The number of ketones is 1. The van der Waals surface area contributed by atoms with E-state index in [1.807, 2.05) is 62.3 Å². The van der Waals surface area contributed by atoms with E-state index in [2.05, 4.69) is 18.7 Å². The summed E-state index contributed by atoms with van der Waals surface area (Å²) in [5.41, 5.74) is 3.47. The third kappa shape index (κ3) is 4.78. The van der Waals surface area contributed by atoms with Crippen molar-refractivity contribution in [2.24, 2.45) is 0 Å². The first-order valence-corrected chi connectivity index (χ1v) is 12.3. The maximum absolute atomic E-state index is 13.3. The fraction of sp³-hybridized carbons (Fsp3) is 0.429. The number of likely N-dealkylation sites (tertiary alicyclic amines) is 1. The Morgan fingerprint density at radius 3 is 2.40 bits per heavy atom. The molecule has 0 radical (unpaired) electrons. The summed E-state index contributed by atoms with van der Waals surface area (Å²) < 4.78 is 5.78. The van der Waals surface area contributed by atoms with Crippen molar-refractivity contribution >= 4 is 23.1 Å². The third-order valence-corrected chi connectivity index (χ3v) is 6.99. The van der Waals surface area contributed by atoms with Crippen LogP contribution in [0.4, 0.5) is 5.69 Å². The molecule has 7 heteroatoms. The van der Waals surface area contributed by atoms with Gasteiger partial charge in [0.2, 0.25) is 0 Å². The van der Waals surface area contributed by atoms with Crippen molar-refractivity contribution in [1.29, 1.82) is 0 Å². The Bertz CT molecular complexity index is 1140. The highest BCUT2D eigenvalue weighted by atomic mass is 16.5. The summed E-state index contributed by atoms with van der Waals surface area (Å²) in [6.07, 6.45) is 0.813. The highest BCUT2D eigenvalue weighted by molar-refractivity contribution is 6.46. The van der Waals surface area contributed by atoms with E-state index >= 15 is 0 Å². The van der Waals surface area contributed by atoms with E-state index in [4.69, 9.17) is 4.74 Å². The lowest BCUT2D eigenvalue weighted by Gasteiger charge is -2.28. The number of ether oxygens (including phenoxy) is 1. The van der Waals surface area contributed by atoms with Gasteiger partial charge in [-0.25, -0.2) is 0 Å². The fourth-order valence-corrected chi connectivity index (χ4v) is 4.93. The van der Waals surface area contributed by atoms with Crippen molar-refractivity contribution in [2.45, 2.75) is 39.3 Å². The average molecular weight is 478 g/mol. The van der Waals surface area contributed by atoms with Crippen LogP contribution in [0, 0.1) is 0 Å². The van der Waals surface area contributed by atoms with Gasteiger partial charge in [0.25, 0.3) is 11.7 Å². The number of fused-ring (bicyclic) bond motifs is 1. The average Bonchev–Trinajstić information content (AvgIpc) is 3.35. The van der Waals surface area contributed by atoms with Crippen LogP contribution in [0.5, 0.6) is 5.75 Å². The minimum absolute atomic E-state index is 0.0725. The van der Waals surface area contributed by atoms with Crippen molar-refractivity contribution in [2.75, 3.05) is 45.2 Å². The largest absolute Gasteiger partial charge is 0.507 e. The Kier molecular flexibility index (Phi) is 7.17. The molecule has 2 aliphatic rings. The van der Waals surface area contributed by atoms with Crippen molar-refractivity contribution in [1.82, 2.24) is 9.80 Å². The summed E-state index contributed by atoms with van der Waals surface area (Å²) in [7, 11) is 3.92. The summed E-state index contributed by atoms with van der Waals surface area (Å²) in [6, 6.07) is 12.6. The Morgan fingerprint density at radius 2 is 1.77 bits per heavy atom. The van der Waals surface area contributed by atoms with Gasteiger partial charge in [0.15, 0.2) is 0 Å². The van der Waals surface area contributed by atoms with E-state index in [1.165, 1.54) is 0 Å². The molecular weight excluding hydrogens is 442 g/mol. The normalized spacial score (nSPS) is 20.9. The van der Waals surface area contributed by atoms with Gasteiger partial charge in [0.1, 0.15) is 17.6 Å². The van der Waals surface area contributed by atoms with Gasteiger partial charge < -0.3 is 24.5 Å². The topological polar surface area (TPSA) is 73.3 Å². The number of nitrogens with zero attached hydrogens (tertiary/aromatic N) is 3. The molecule has 0 unspecified atom stereocenters. The number of hydrogen-bond acceptors (Lipinski definition) is 6. The number of hydrogen-bond donors (Lipinski definition) is 1. The molecule has 7 nitrogen and oxygen atoms in total. The van der Waals surface area contributed by atoms with Crippen molar-refractivity contribution < 1.29 is 19.4 Å². The van der Waals surface area contributed by atoms with Crippen molar-refractivity contribution in [3.05, 3.63) is 64.7 Å². The van der Waals surface area contributed by atoms with Crippen LogP contribution in [0.15, 0.2) is 48.0 Å². The number of aliphatic hydroxyl groups is 1. The van der Waals surface area contributed by atoms with Crippen LogP contribution in [-0.4, -0.2) is 73.0 Å². The number of rotatable bonds is 8. The SMILES string of the molecule is CCN(CC)CCN1C(=O)C(=O)C(=C(O)c2ccc3c(c2)C[C@@H](C)O3)[C@H]1c1ccc(N(C)C)cc1. The molecule has 2 heterocycles. The van der Waals surface area contributed by atoms with Crippen LogP contribution in [0.1, 0.15) is 43.5 Å². The van der Waals surface area contributed by atoms with E-state index in [0.29, 0.717) is 18.7 Å². The summed E-state index contributed by atoms with van der Waals surface area (Å²) in [6.45, 7) is 8.93. The summed E-state index contributed by atoms with van der Waals surface area (Å²) >= 11 is 0. The number of amides is 1. The Balaban J connectivity index is 1.78. The summed E-state index contributed by atoms with van der Waals surface area (Å²) in [5, 5.41) is 11.4. The zero-order valence-corrected chi connectivity index (χ0v) is 21.2. The molecule has 1 fully saturated rings. The smallest absolute Gasteiger partial charge is 0.295 e. The van der Waals surface area contributed by atoms with E-state index in [9.17, 15) is 14.7 Å². The lowest BCUT2D eigenvalue weighted by molar-refractivity contribution is -0.140. The highest BCUT2D eigenvalue weighted by Crippen LogP contribution is 2.40. The second kappa shape index (κ2) is 10.1. The fourth-order valence-electron chi connectivity index (χ4n) is 4.93. The summed E-state index contributed by atoms with van der Waals surface area (Å²) in [4.78, 5) is 32.3. The Morgan fingerprint density at radius 1 is 1.09 bits per heavy atom. The molecule has 0 spiro atoms. The van der Waals surface area contributed by atoms with Crippen LogP contribution < -0.4 is 9.64 Å². The number of anilines is 1. The molecule has 1 amide bonds. The van der Waals surface area contributed by atoms with Gasteiger partial charge in [0.05, 0.1) is 11.6 Å². The van der Waals surface area contributed by atoms with Gasteiger partial charge in [-0.1, -0.05) is 26.0 Å². The first kappa shape index (κ1) is 24.8. The molecule has 1 N–H and O–H groups in total. The van der Waals surface area contributed by atoms with Gasteiger partial charge in [-0.3, -0.25) is 9.59 Å². The molecule has 0 aromatic heterocycles. The van der Waals surface area contributed by atoms with Crippen LogP contribution in [0.2, 0.25) is 0 Å². The lowest BCUT2D eigenvalue weighted by Crippen LogP contribution is -2.38. The minimum atomic E-state index is -0.648. The van der Waals surface area contributed by atoms with E-state index in [0.717, 1.165) is 42.1 Å². The number of carbonyl (C=O) groups is 2. The third-order valence-electron chi connectivity index (χ3n) is 6.99. The molecule has 2 aromatic carbocycles. The minimum Gasteiger partial charge on any atom is -0.507 e. The molecule has 0 bridgehead atoms. The van der Waals surface area contributed by atoms with Crippen LogP contribution >= 0.6 is 0 Å². The first-order chi connectivity index (χ1) is 16.7. The van der Waals surface area contributed by atoms with Gasteiger partial charge in [-0.15, -0.1) is 0 Å². The lowest BCUT2D eigenvalue weighted by atomic mass is 9.94. The zero-order chi connectivity index (χ0) is 25.3. The van der Waals surface area contributed by atoms with Crippen molar-refractivity contribution in [3.8, 4) is 5.75 Å². The van der Waals surface area contributed by atoms with Crippen LogP contribution in [-0.2, 0) is 16.0 Å². The predicted molar refractivity (Wildman–Crippen MR) is 138 cm³/mol. The van der Waals surface area contributed by atoms with E-state index in [1.54, 1.807) is 11.0 Å². The van der Waals surface area contributed by atoms with Crippen LogP contribution in [0.25, 0.3) is 5.76 Å². The van der Waals surface area contributed by atoms with E-state index < -0.39 is 17.7 Å². The maximum Gasteiger partial charge on any atom is 0.295 e.